The first-order chi connectivity index (χ1) is 16.3. The largest absolute Gasteiger partial charge is 0.457 e. The molecule has 0 N–H and O–H groups in total. The van der Waals surface area contributed by atoms with E-state index in [4.69, 9.17) is 9.47 Å². The maximum Gasteiger partial charge on any atom is 0.303 e. The van der Waals surface area contributed by atoms with Gasteiger partial charge in [-0.1, -0.05) is 60.7 Å². The van der Waals surface area contributed by atoms with Crippen molar-refractivity contribution in [2.24, 2.45) is 5.92 Å². The van der Waals surface area contributed by atoms with Crippen molar-refractivity contribution in [3.63, 3.8) is 0 Å². The molecule has 0 aromatic heterocycles. The van der Waals surface area contributed by atoms with Crippen molar-refractivity contribution in [3.05, 3.63) is 112 Å². The third kappa shape index (κ3) is 5.92. The minimum atomic E-state index is -1.17. The van der Waals surface area contributed by atoms with Crippen LogP contribution in [0.2, 0.25) is 0 Å². The number of Topliss-reactive ketones (excluding diaryl/α,β-unsaturated/α-hetero) is 1. The minimum absolute atomic E-state index is 0.150. The smallest absolute Gasteiger partial charge is 0.303 e. The number of nitrogens with zero attached hydrogens (tertiary/aromatic N) is 1. The number of esters is 2. The number of hydrogen-bond donors (Lipinski definition) is 0. The average Bonchev–Trinajstić information content (AvgIpc) is 2.83. The number of non-ortho nitro benzene ring substituents is 1. The van der Waals surface area contributed by atoms with E-state index < -0.39 is 40.8 Å². The van der Waals surface area contributed by atoms with E-state index in [1.54, 1.807) is 60.7 Å². The molecule has 0 unspecified atom stereocenters. The Morgan fingerprint density at radius 2 is 1.12 bits per heavy atom. The van der Waals surface area contributed by atoms with Crippen LogP contribution in [0.1, 0.15) is 47.5 Å². The summed E-state index contributed by atoms with van der Waals surface area (Å²) < 4.78 is 11.3. The van der Waals surface area contributed by atoms with Crippen molar-refractivity contribution in [2.75, 3.05) is 0 Å². The Kier molecular flexibility index (Phi) is 7.87. The van der Waals surface area contributed by atoms with Crippen molar-refractivity contribution in [2.45, 2.75) is 26.1 Å². The molecule has 0 aliphatic carbocycles. The lowest BCUT2D eigenvalue weighted by atomic mass is 9.81. The highest BCUT2D eigenvalue weighted by Gasteiger charge is 2.41. The molecule has 8 nitrogen and oxygen atoms in total. The second-order valence-corrected chi connectivity index (χ2v) is 7.58. The van der Waals surface area contributed by atoms with E-state index in [-0.39, 0.29) is 11.3 Å². The number of carbonyl (C=O) groups excluding carboxylic acids is 3. The molecule has 0 saturated carbocycles. The van der Waals surface area contributed by atoms with E-state index in [0.29, 0.717) is 11.1 Å². The van der Waals surface area contributed by atoms with Crippen LogP contribution in [0.3, 0.4) is 0 Å². The highest BCUT2D eigenvalue weighted by atomic mass is 16.6. The number of ether oxygens (including phenoxy) is 2. The van der Waals surface area contributed by atoms with Crippen LogP contribution in [0.25, 0.3) is 0 Å². The Morgan fingerprint density at radius 1 is 0.706 bits per heavy atom. The molecule has 0 spiro atoms. The summed E-state index contributed by atoms with van der Waals surface area (Å²) in [5, 5.41) is 11.1. The van der Waals surface area contributed by atoms with E-state index in [2.05, 4.69) is 0 Å². The first-order valence-electron chi connectivity index (χ1n) is 10.5. The second-order valence-electron chi connectivity index (χ2n) is 7.58. The van der Waals surface area contributed by atoms with Crippen molar-refractivity contribution >= 4 is 23.4 Å². The lowest BCUT2D eigenvalue weighted by Gasteiger charge is -2.32. The van der Waals surface area contributed by atoms with Gasteiger partial charge in [0.1, 0.15) is 18.1 Å². The van der Waals surface area contributed by atoms with Gasteiger partial charge in [-0.25, -0.2) is 0 Å². The average molecular weight is 461 g/mol. The molecular weight excluding hydrogens is 438 g/mol. The lowest BCUT2D eigenvalue weighted by Crippen LogP contribution is -2.33. The van der Waals surface area contributed by atoms with Gasteiger partial charge >= 0.3 is 11.9 Å². The van der Waals surface area contributed by atoms with Gasteiger partial charge in [-0.3, -0.25) is 24.5 Å². The third-order valence-electron chi connectivity index (χ3n) is 5.16. The van der Waals surface area contributed by atoms with Crippen LogP contribution in [-0.4, -0.2) is 22.6 Å². The van der Waals surface area contributed by atoms with Gasteiger partial charge in [0.2, 0.25) is 0 Å². The van der Waals surface area contributed by atoms with Gasteiger partial charge in [-0.2, -0.15) is 0 Å². The molecule has 0 amide bonds. The molecule has 8 heteroatoms. The molecule has 0 bridgehead atoms. The van der Waals surface area contributed by atoms with E-state index in [9.17, 15) is 24.5 Å². The molecule has 3 aromatic carbocycles. The van der Waals surface area contributed by atoms with E-state index >= 15 is 0 Å². The summed E-state index contributed by atoms with van der Waals surface area (Å²) in [5.74, 6) is -2.91. The quantitative estimate of drug-likeness (QED) is 0.191. The molecule has 0 saturated heterocycles. The molecule has 0 radical (unpaired) electrons. The zero-order valence-corrected chi connectivity index (χ0v) is 18.6. The third-order valence-corrected chi connectivity index (χ3v) is 5.16. The SMILES string of the molecule is CC(=O)O[C@@H](c1ccccc1)C(C(=O)c1ccc([N+](=O)[O-])cc1)[C@@H](OC(C)=O)c1ccccc1. The van der Waals surface area contributed by atoms with Gasteiger partial charge in [0, 0.05) is 31.5 Å². The number of rotatable bonds is 9. The van der Waals surface area contributed by atoms with Gasteiger partial charge in [0.15, 0.2) is 5.78 Å². The van der Waals surface area contributed by atoms with Crippen LogP contribution >= 0.6 is 0 Å². The van der Waals surface area contributed by atoms with Gasteiger partial charge in [0.25, 0.3) is 5.69 Å². The van der Waals surface area contributed by atoms with E-state index in [1.165, 1.54) is 38.1 Å². The summed E-state index contributed by atoms with van der Waals surface area (Å²) in [4.78, 5) is 48.5. The summed E-state index contributed by atoms with van der Waals surface area (Å²) >= 11 is 0. The monoisotopic (exact) mass is 461 g/mol. The molecule has 0 aliphatic heterocycles. The number of nitro groups is 1. The van der Waals surface area contributed by atoms with E-state index in [0.717, 1.165) is 0 Å². The van der Waals surface area contributed by atoms with Gasteiger partial charge in [-0.05, 0) is 23.3 Å². The zero-order valence-electron chi connectivity index (χ0n) is 18.6. The number of benzene rings is 3. The predicted molar refractivity (Wildman–Crippen MR) is 123 cm³/mol. The Morgan fingerprint density at radius 3 is 1.47 bits per heavy atom. The lowest BCUT2D eigenvalue weighted by molar-refractivity contribution is -0.384. The first kappa shape index (κ1) is 24.3. The molecule has 0 aliphatic rings. The maximum absolute atomic E-state index is 13.9. The number of nitro benzene ring substituents is 1. The fourth-order valence-corrected chi connectivity index (χ4v) is 3.71. The van der Waals surface area contributed by atoms with Gasteiger partial charge in [0.05, 0.1) is 4.92 Å². The van der Waals surface area contributed by atoms with Gasteiger partial charge in [-0.15, -0.1) is 0 Å². The Labute approximate surface area is 196 Å². The van der Waals surface area contributed by atoms with E-state index in [1.807, 2.05) is 0 Å². The topological polar surface area (TPSA) is 113 Å². The molecule has 174 valence electrons. The van der Waals surface area contributed by atoms with Crippen molar-refractivity contribution in [3.8, 4) is 0 Å². The minimum Gasteiger partial charge on any atom is -0.457 e. The van der Waals surface area contributed by atoms with Crippen LogP contribution in [0.4, 0.5) is 5.69 Å². The Bertz CT molecular complexity index is 1100. The number of ketones is 1. The van der Waals surface area contributed by atoms with Crippen LogP contribution in [0, 0.1) is 16.0 Å². The van der Waals surface area contributed by atoms with Crippen molar-refractivity contribution in [1.29, 1.82) is 0 Å². The summed E-state index contributed by atoms with van der Waals surface area (Å²) in [6, 6.07) is 22.4. The highest BCUT2D eigenvalue weighted by molar-refractivity contribution is 5.99. The molecule has 2 atom stereocenters. The molecule has 34 heavy (non-hydrogen) atoms. The molecule has 0 heterocycles. The second kappa shape index (κ2) is 11.0. The van der Waals surface area contributed by atoms with Crippen LogP contribution in [0.5, 0.6) is 0 Å². The normalized spacial score (nSPS) is 12.4. The van der Waals surface area contributed by atoms with Crippen molar-refractivity contribution in [1.82, 2.24) is 0 Å². The Balaban J connectivity index is 2.19. The zero-order chi connectivity index (χ0) is 24.7. The summed E-state index contributed by atoms with van der Waals surface area (Å²) in [6.45, 7) is 2.46. The summed E-state index contributed by atoms with van der Waals surface area (Å²) in [6.07, 6.45) is -2.18. The van der Waals surface area contributed by atoms with Crippen LogP contribution in [-0.2, 0) is 19.1 Å². The number of carbonyl (C=O) groups is 3. The molecule has 3 rings (SSSR count). The highest BCUT2D eigenvalue weighted by Crippen LogP contribution is 2.40. The predicted octanol–water partition coefficient (Wildman–Crippen LogP) is 5.00. The number of hydrogen-bond acceptors (Lipinski definition) is 7. The first-order valence-corrected chi connectivity index (χ1v) is 10.5. The van der Waals surface area contributed by atoms with Crippen molar-refractivity contribution < 1.29 is 28.8 Å². The van der Waals surface area contributed by atoms with Crippen LogP contribution in [0.15, 0.2) is 84.9 Å². The van der Waals surface area contributed by atoms with Crippen LogP contribution < -0.4 is 0 Å². The fourth-order valence-electron chi connectivity index (χ4n) is 3.71. The fraction of sp³-hybridized carbons (Fsp3) is 0.192. The Hall–Kier alpha value is -4.33. The molecule has 3 aromatic rings. The summed E-state index contributed by atoms with van der Waals surface area (Å²) in [7, 11) is 0. The van der Waals surface area contributed by atoms with Gasteiger partial charge < -0.3 is 9.47 Å². The standard InChI is InChI=1S/C26H23NO7/c1-17(28)33-25(20-9-5-3-6-10-20)23(24(30)19-13-15-22(16-14-19)27(31)32)26(34-18(2)29)21-11-7-4-8-12-21/h3-16,23,25-26H,1-2H3/t25-,26-/m0/s1. The molecular formula is C26H23NO7. The molecule has 0 fully saturated rings. The maximum atomic E-state index is 13.9. The summed E-state index contributed by atoms with van der Waals surface area (Å²) in [5.41, 5.74) is 1.04.